The highest BCUT2D eigenvalue weighted by molar-refractivity contribution is 5.35. The summed E-state index contributed by atoms with van der Waals surface area (Å²) in [4.78, 5) is 1.59. The van der Waals surface area contributed by atoms with Crippen molar-refractivity contribution < 1.29 is 9.64 Å². The van der Waals surface area contributed by atoms with E-state index in [1.54, 1.807) is 4.90 Å². The molecule has 0 atom stereocenters. The van der Waals surface area contributed by atoms with Crippen molar-refractivity contribution in [3.8, 4) is 5.75 Å². The fourth-order valence-corrected chi connectivity index (χ4v) is 1.77. The molecule has 0 aliphatic rings. The van der Waals surface area contributed by atoms with Crippen LogP contribution in [-0.2, 0) is 0 Å². The van der Waals surface area contributed by atoms with E-state index in [-0.39, 0.29) is 0 Å². The molecule has 2 heteroatoms. The lowest BCUT2D eigenvalue weighted by atomic mass is 10.1. The quantitative estimate of drug-likeness (QED) is 0.772. The molecule has 90 valence electrons. The zero-order valence-electron chi connectivity index (χ0n) is 11.0. The van der Waals surface area contributed by atoms with Crippen LogP contribution in [0.5, 0.6) is 5.75 Å². The van der Waals surface area contributed by atoms with Crippen molar-refractivity contribution in [1.29, 1.82) is 0 Å². The van der Waals surface area contributed by atoms with E-state index in [0.29, 0.717) is 0 Å². The number of nitrogens with one attached hydrogen (secondary N) is 1. The van der Waals surface area contributed by atoms with Crippen molar-refractivity contribution in [2.45, 2.75) is 27.7 Å². The van der Waals surface area contributed by atoms with Gasteiger partial charge in [-0.05, 0) is 44.9 Å². The van der Waals surface area contributed by atoms with Crippen molar-refractivity contribution in [1.82, 2.24) is 0 Å². The monoisotopic (exact) mass is 222 g/mol. The Bertz CT molecular complexity index is 319. The molecule has 0 bridgehead atoms. The number of hydrogen-bond acceptors (Lipinski definition) is 1. The van der Waals surface area contributed by atoms with Gasteiger partial charge in [0, 0.05) is 0 Å². The molecule has 1 aromatic carbocycles. The zero-order valence-corrected chi connectivity index (χ0v) is 11.0. The maximum absolute atomic E-state index is 5.83. The normalized spacial score (nSPS) is 10.8. The Morgan fingerprint density at radius 2 is 1.81 bits per heavy atom. The number of rotatable bonds is 6. The Kier molecular flexibility index (Phi) is 5.33. The van der Waals surface area contributed by atoms with Crippen molar-refractivity contribution in [3.05, 3.63) is 29.3 Å². The van der Waals surface area contributed by atoms with Crippen LogP contribution >= 0.6 is 0 Å². The van der Waals surface area contributed by atoms with Crippen LogP contribution in [0.3, 0.4) is 0 Å². The van der Waals surface area contributed by atoms with Crippen LogP contribution in [0, 0.1) is 13.8 Å². The van der Waals surface area contributed by atoms with Crippen LogP contribution in [0.25, 0.3) is 0 Å². The molecule has 0 radical (unpaired) electrons. The number of hydrogen-bond donors (Lipinski definition) is 1. The summed E-state index contributed by atoms with van der Waals surface area (Å²) in [6.45, 7) is 12.9. The number of likely N-dealkylation sites (N-methyl/N-ethyl adjacent to an activating group) is 1. The van der Waals surface area contributed by atoms with Crippen LogP contribution in [-0.4, -0.2) is 26.2 Å². The number of aryl methyl sites for hydroxylation is 2. The van der Waals surface area contributed by atoms with Gasteiger partial charge in [-0.15, -0.1) is 0 Å². The highest BCUT2D eigenvalue weighted by Crippen LogP contribution is 2.18. The molecule has 0 amide bonds. The first kappa shape index (κ1) is 13.0. The summed E-state index contributed by atoms with van der Waals surface area (Å²) in [5.41, 5.74) is 2.48. The first-order valence-electron chi connectivity index (χ1n) is 6.21. The topological polar surface area (TPSA) is 13.7 Å². The molecule has 16 heavy (non-hydrogen) atoms. The van der Waals surface area contributed by atoms with Crippen molar-refractivity contribution in [2.75, 3.05) is 26.2 Å². The van der Waals surface area contributed by atoms with E-state index in [1.165, 1.54) is 24.2 Å². The van der Waals surface area contributed by atoms with Gasteiger partial charge in [0.1, 0.15) is 18.9 Å². The van der Waals surface area contributed by atoms with Gasteiger partial charge in [-0.25, -0.2) is 0 Å². The molecule has 1 aromatic rings. The molecule has 0 heterocycles. The second-order valence-electron chi connectivity index (χ2n) is 4.32. The van der Waals surface area contributed by atoms with Crippen LogP contribution in [0.4, 0.5) is 0 Å². The van der Waals surface area contributed by atoms with Crippen LogP contribution in [0.2, 0.25) is 0 Å². The van der Waals surface area contributed by atoms with E-state index >= 15 is 0 Å². The maximum Gasteiger partial charge on any atom is 0.137 e. The van der Waals surface area contributed by atoms with Gasteiger partial charge in [-0.1, -0.05) is 12.1 Å². The van der Waals surface area contributed by atoms with Gasteiger partial charge in [0.05, 0.1) is 13.1 Å². The number of benzene rings is 1. The van der Waals surface area contributed by atoms with E-state index in [2.05, 4.69) is 45.9 Å². The Balaban J connectivity index is 2.45. The summed E-state index contributed by atoms with van der Waals surface area (Å²) in [6.07, 6.45) is 0. The molecule has 1 N–H and O–H groups in total. The number of quaternary nitrogens is 1. The molecule has 1 rings (SSSR count). The summed E-state index contributed by atoms with van der Waals surface area (Å²) in [5, 5.41) is 0. The average Bonchev–Trinajstić information content (AvgIpc) is 2.29. The fraction of sp³-hybridized carbons (Fsp3) is 0.571. The van der Waals surface area contributed by atoms with Crippen molar-refractivity contribution >= 4 is 0 Å². The second-order valence-corrected chi connectivity index (χ2v) is 4.32. The fourth-order valence-electron chi connectivity index (χ4n) is 1.77. The molecule has 0 saturated heterocycles. The predicted octanol–water partition coefficient (Wildman–Crippen LogP) is 1.61. The standard InChI is InChI=1S/C14H23NO/c1-5-15(6-2)9-10-16-14-11-12(3)7-8-13(14)4/h7-8,11H,5-6,9-10H2,1-4H3/p+1. The van der Waals surface area contributed by atoms with Gasteiger partial charge in [-0.2, -0.15) is 0 Å². The molecule has 0 aliphatic carbocycles. The lowest BCUT2D eigenvalue weighted by Crippen LogP contribution is -3.12. The highest BCUT2D eigenvalue weighted by atomic mass is 16.5. The van der Waals surface area contributed by atoms with Crippen molar-refractivity contribution in [2.24, 2.45) is 0 Å². The second kappa shape index (κ2) is 6.54. The van der Waals surface area contributed by atoms with Gasteiger partial charge in [-0.3, -0.25) is 0 Å². The molecular weight excluding hydrogens is 198 g/mol. The number of ether oxygens (including phenoxy) is 1. The first-order chi connectivity index (χ1) is 7.67. The SMILES string of the molecule is CC[NH+](CC)CCOc1cc(C)ccc1C. The Hall–Kier alpha value is -1.02. The van der Waals surface area contributed by atoms with Crippen LogP contribution in [0.1, 0.15) is 25.0 Å². The lowest BCUT2D eigenvalue weighted by molar-refractivity contribution is -0.896. The zero-order chi connectivity index (χ0) is 12.0. The molecule has 2 nitrogen and oxygen atoms in total. The average molecular weight is 222 g/mol. The van der Waals surface area contributed by atoms with E-state index in [0.717, 1.165) is 18.9 Å². The summed E-state index contributed by atoms with van der Waals surface area (Å²) in [6, 6.07) is 6.36. The summed E-state index contributed by atoms with van der Waals surface area (Å²) >= 11 is 0. The van der Waals surface area contributed by atoms with E-state index < -0.39 is 0 Å². The maximum atomic E-state index is 5.83. The third-order valence-corrected chi connectivity index (χ3v) is 3.06. The third kappa shape index (κ3) is 3.86. The Morgan fingerprint density at radius 1 is 1.12 bits per heavy atom. The van der Waals surface area contributed by atoms with Crippen LogP contribution in [0.15, 0.2) is 18.2 Å². The smallest absolute Gasteiger partial charge is 0.137 e. The first-order valence-corrected chi connectivity index (χ1v) is 6.21. The largest absolute Gasteiger partial charge is 0.487 e. The molecule has 0 unspecified atom stereocenters. The highest BCUT2D eigenvalue weighted by Gasteiger charge is 2.04. The molecule has 0 saturated carbocycles. The van der Waals surface area contributed by atoms with Crippen molar-refractivity contribution in [3.63, 3.8) is 0 Å². The molecule has 0 aliphatic heterocycles. The van der Waals surface area contributed by atoms with E-state index in [1.807, 2.05) is 0 Å². The van der Waals surface area contributed by atoms with Gasteiger partial charge in [0.2, 0.25) is 0 Å². The molecule has 0 spiro atoms. The Morgan fingerprint density at radius 3 is 2.44 bits per heavy atom. The summed E-state index contributed by atoms with van der Waals surface area (Å²) in [7, 11) is 0. The van der Waals surface area contributed by atoms with E-state index in [9.17, 15) is 0 Å². The van der Waals surface area contributed by atoms with E-state index in [4.69, 9.17) is 4.74 Å². The van der Waals surface area contributed by atoms with Gasteiger partial charge in [0.15, 0.2) is 0 Å². The minimum atomic E-state index is 0.807. The van der Waals surface area contributed by atoms with Gasteiger partial charge in [0.25, 0.3) is 0 Å². The third-order valence-electron chi connectivity index (χ3n) is 3.06. The van der Waals surface area contributed by atoms with Gasteiger partial charge < -0.3 is 9.64 Å². The summed E-state index contributed by atoms with van der Waals surface area (Å²) in [5.74, 6) is 1.03. The Labute approximate surface area is 99.2 Å². The lowest BCUT2D eigenvalue weighted by Gasteiger charge is -2.16. The predicted molar refractivity (Wildman–Crippen MR) is 68.3 cm³/mol. The minimum Gasteiger partial charge on any atom is -0.487 e. The molecular formula is C14H24NO+. The minimum absolute atomic E-state index is 0.807. The summed E-state index contributed by atoms with van der Waals surface area (Å²) < 4.78 is 5.83. The molecule has 0 aromatic heterocycles. The van der Waals surface area contributed by atoms with Crippen LogP contribution < -0.4 is 9.64 Å². The van der Waals surface area contributed by atoms with Gasteiger partial charge >= 0.3 is 0 Å². The molecule has 0 fully saturated rings.